The van der Waals surface area contributed by atoms with E-state index < -0.39 is 0 Å². The first-order valence-corrected chi connectivity index (χ1v) is 5.26. The van der Waals surface area contributed by atoms with Gasteiger partial charge in [0.1, 0.15) is 0 Å². The first-order valence-electron chi connectivity index (χ1n) is 4.10. The van der Waals surface area contributed by atoms with Crippen LogP contribution < -0.4 is 0 Å². The molecule has 0 spiro atoms. The molecule has 1 fully saturated rings. The third kappa shape index (κ3) is 2.17. The molecule has 2 atom stereocenters. The second-order valence-electron chi connectivity index (χ2n) is 2.98. The van der Waals surface area contributed by atoms with E-state index in [4.69, 9.17) is 0 Å². The van der Waals surface area contributed by atoms with Crippen molar-refractivity contribution in [2.75, 3.05) is 11.5 Å². The molecule has 2 heteroatoms. The second-order valence-corrected chi connectivity index (χ2v) is 4.13. The quantitative estimate of drug-likeness (QED) is 0.666. The highest BCUT2D eigenvalue weighted by atomic mass is 32.2. The number of hydrogen-bond acceptors (Lipinski definition) is 2. The van der Waals surface area contributed by atoms with Gasteiger partial charge in [-0.1, -0.05) is 13.3 Å². The van der Waals surface area contributed by atoms with Crippen LogP contribution in [0.2, 0.25) is 0 Å². The average Bonchev–Trinajstić information content (AvgIpc) is 1.94. The van der Waals surface area contributed by atoms with Gasteiger partial charge in [0, 0.05) is 0 Å². The summed E-state index contributed by atoms with van der Waals surface area (Å²) in [5.74, 6) is 2.92. The number of rotatable bonds is 2. The van der Waals surface area contributed by atoms with Crippen molar-refractivity contribution in [1.82, 2.24) is 0 Å². The summed E-state index contributed by atoms with van der Waals surface area (Å²) in [5, 5.41) is 9.49. The summed E-state index contributed by atoms with van der Waals surface area (Å²) in [7, 11) is 0. The van der Waals surface area contributed by atoms with Crippen LogP contribution in [0.25, 0.3) is 0 Å². The molecule has 1 saturated heterocycles. The molecule has 0 aliphatic carbocycles. The molecular formula is C8H16OS. The van der Waals surface area contributed by atoms with E-state index >= 15 is 0 Å². The van der Waals surface area contributed by atoms with Crippen molar-refractivity contribution in [2.24, 2.45) is 5.92 Å². The van der Waals surface area contributed by atoms with Crippen LogP contribution >= 0.6 is 11.8 Å². The van der Waals surface area contributed by atoms with Crippen molar-refractivity contribution < 1.29 is 5.11 Å². The second kappa shape index (κ2) is 4.24. The van der Waals surface area contributed by atoms with E-state index in [9.17, 15) is 5.11 Å². The molecule has 0 radical (unpaired) electrons. The van der Waals surface area contributed by atoms with Crippen molar-refractivity contribution in [3.8, 4) is 0 Å². The first kappa shape index (κ1) is 8.41. The lowest BCUT2D eigenvalue weighted by molar-refractivity contribution is 0.107. The Hall–Kier alpha value is 0.310. The third-order valence-corrected chi connectivity index (χ3v) is 3.28. The van der Waals surface area contributed by atoms with Crippen LogP contribution in [0.3, 0.4) is 0 Å². The summed E-state index contributed by atoms with van der Waals surface area (Å²) in [4.78, 5) is 0. The van der Waals surface area contributed by atoms with E-state index in [1.165, 1.54) is 18.6 Å². The van der Waals surface area contributed by atoms with Crippen LogP contribution in [0.5, 0.6) is 0 Å². The van der Waals surface area contributed by atoms with Gasteiger partial charge in [-0.05, 0) is 30.3 Å². The molecule has 0 bridgehead atoms. The smallest absolute Gasteiger partial charge is 0.0584 e. The van der Waals surface area contributed by atoms with Crippen molar-refractivity contribution in [1.29, 1.82) is 0 Å². The predicted molar refractivity (Wildman–Crippen MR) is 46.3 cm³/mol. The zero-order valence-corrected chi connectivity index (χ0v) is 7.36. The lowest BCUT2D eigenvalue weighted by Gasteiger charge is -2.26. The minimum atomic E-state index is 0.00111. The fourth-order valence-electron chi connectivity index (χ4n) is 1.43. The van der Waals surface area contributed by atoms with Gasteiger partial charge in [0.15, 0.2) is 0 Å². The molecule has 1 aliphatic heterocycles. The largest absolute Gasteiger partial charge is 0.393 e. The van der Waals surface area contributed by atoms with Gasteiger partial charge in [-0.15, -0.1) is 0 Å². The molecular weight excluding hydrogens is 144 g/mol. The lowest BCUT2D eigenvalue weighted by Crippen LogP contribution is -2.27. The Kier molecular flexibility index (Phi) is 3.57. The van der Waals surface area contributed by atoms with E-state index in [-0.39, 0.29) is 6.10 Å². The summed E-state index contributed by atoms with van der Waals surface area (Å²) in [6.07, 6.45) is 3.42. The van der Waals surface area contributed by atoms with Crippen LogP contribution in [0, 0.1) is 5.92 Å². The molecule has 60 valence electrons. The third-order valence-electron chi connectivity index (χ3n) is 2.09. The van der Waals surface area contributed by atoms with Crippen LogP contribution in [0.4, 0.5) is 0 Å². The highest BCUT2D eigenvalue weighted by Crippen LogP contribution is 2.26. The van der Waals surface area contributed by atoms with Gasteiger partial charge in [0.2, 0.25) is 0 Å². The number of aliphatic hydroxyl groups is 1. The first-order chi connectivity index (χ1) is 4.84. The van der Waals surface area contributed by atoms with Gasteiger partial charge in [-0.2, -0.15) is 11.8 Å². The maximum atomic E-state index is 9.49. The monoisotopic (exact) mass is 160 g/mol. The number of hydrogen-bond donors (Lipinski definition) is 1. The Bertz CT molecular complexity index is 93.3. The highest BCUT2D eigenvalue weighted by Gasteiger charge is 2.21. The summed E-state index contributed by atoms with van der Waals surface area (Å²) >= 11 is 1.99. The highest BCUT2D eigenvalue weighted by molar-refractivity contribution is 7.99. The Morgan fingerprint density at radius 3 is 3.00 bits per heavy atom. The van der Waals surface area contributed by atoms with Crippen LogP contribution in [0.1, 0.15) is 26.2 Å². The Morgan fingerprint density at radius 2 is 2.40 bits per heavy atom. The zero-order chi connectivity index (χ0) is 7.40. The van der Waals surface area contributed by atoms with Crippen molar-refractivity contribution >= 4 is 11.8 Å². The minimum Gasteiger partial charge on any atom is -0.393 e. The zero-order valence-electron chi connectivity index (χ0n) is 6.55. The van der Waals surface area contributed by atoms with Crippen LogP contribution in [-0.2, 0) is 0 Å². The van der Waals surface area contributed by atoms with Gasteiger partial charge in [-0.3, -0.25) is 0 Å². The van der Waals surface area contributed by atoms with Crippen LogP contribution in [0.15, 0.2) is 0 Å². The van der Waals surface area contributed by atoms with E-state index in [1.807, 2.05) is 11.8 Å². The topological polar surface area (TPSA) is 20.2 Å². The molecule has 0 aromatic rings. The lowest BCUT2D eigenvalue weighted by atomic mass is 9.97. The van der Waals surface area contributed by atoms with Crippen LogP contribution in [-0.4, -0.2) is 22.7 Å². The molecule has 0 unspecified atom stereocenters. The van der Waals surface area contributed by atoms with Crippen molar-refractivity contribution in [3.05, 3.63) is 0 Å². The molecule has 1 aliphatic rings. The molecule has 0 amide bonds. The molecule has 0 aromatic carbocycles. The molecule has 10 heavy (non-hydrogen) atoms. The summed E-state index contributed by atoms with van der Waals surface area (Å²) < 4.78 is 0. The standard InChI is InChI=1S/C8H16OS/c1-2-3-7-6-10-5-4-8(7)9/h7-9H,2-6H2,1H3/t7-,8+/m0/s1. The molecule has 1 nitrogen and oxygen atoms in total. The Balaban J connectivity index is 2.25. The summed E-state index contributed by atoms with van der Waals surface area (Å²) in [5.41, 5.74) is 0. The fourth-order valence-corrected chi connectivity index (χ4v) is 2.70. The molecule has 1 N–H and O–H groups in total. The summed E-state index contributed by atoms with van der Waals surface area (Å²) in [6.45, 7) is 2.19. The van der Waals surface area contributed by atoms with Gasteiger partial charge < -0.3 is 5.11 Å². The van der Waals surface area contributed by atoms with E-state index in [1.54, 1.807) is 0 Å². The normalized spacial score (nSPS) is 34.2. The molecule has 0 aromatic heterocycles. The van der Waals surface area contributed by atoms with Gasteiger partial charge in [0.25, 0.3) is 0 Å². The predicted octanol–water partition coefficient (Wildman–Crippen LogP) is 1.90. The average molecular weight is 160 g/mol. The number of thioether (sulfide) groups is 1. The molecule has 0 saturated carbocycles. The fraction of sp³-hybridized carbons (Fsp3) is 1.00. The SMILES string of the molecule is CCC[C@H]1CSCC[C@H]1O. The van der Waals surface area contributed by atoms with Crippen molar-refractivity contribution in [2.45, 2.75) is 32.3 Å². The van der Waals surface area contributed by atoms with Gasteiger partial charge >= 0.3 is 0 Å². The Morgan fingerprint density at radius 1 is 1.60 bits per heavy atom. The molecule has 1 heterocycles. The molecule has 1 rings (SSSR count). The van der Waals surface area contributed by atoms with E-state index in [0.29, 0.717) is 5.92 Å². The maximum Gasteiger partial charge on any atom is 0.0584 e. The van der Waals surface area contributed by atoms with Gasteiger partial charge in [0.05, 0.1) is 6.10 Å². The number of aliphatic hydroxyl groups excluding tert-OH is 1. The van der Waals surface area contributed by atoms with Gasteiger partial charge in [-0.25, -0.2) is 0 Å². The van der Waals surface area contributed by atoms with Crippen molar-refractivity contribution in [3.63, 3.8) is 0 Å². The van der Waals surface area contributed by atoms with E-state index in [2.05, 4.69) is 6.92 Å². The maximum absolute atomic E-state index is 9.49. The summed E-state index contributed by atoms with van der Waals surface area (Å²) in [6, 6.07) is 0. The van der Waals surface area contributed by atoms with E-state index in [0.717, 1.165) is 12.2 Å². The minimum absolute atomic E-state index is 0.00111. The Labute approximate surface area is 67.2 Å².